The summed E-state index contributed by atoms with van der Waals surface area (Å²) >= 11 is 0. The van der Waals surface area contributed by atoms with Crippen LogP contribution in [0.25, 0.3) is 0 Å². The van der Waals surface area contributed by atoms with E-state index in [0.29, 0.717) is 0 Å². The molecule has 0 N–H and O–H groups in total. The fourth-order valence-corrected chi connectivity index (χ4v) is 7.89. The van der Waals surface area contributed by atoms with E-state index in [1.54, 1.807) is 0 Å². The van der Waals surface area contributed by atoms with E-state index in [0.717, 1.165) is 12.3 Å². The molecule has 0 amide bonds. The highest BCUT2D eigenvalue weighted by Crippen LogP contribution is 2.75. The van der Waals surface area contributed by atoms with Gasteiger partial charge in [0.2, 0.25) is 0 Å². The van der Waals surface area contributed by atoms with Gasteiger partial charge in [-0.05, 0) is 0 Å². The Kier molecular flexibility index (Phi) is 5.18. The van der Waals surface area contributed by atoms with Gasteiger partial charge in [0.1, 0.15) is 0 Å². The van der Waals surface area contributed by atoms with Gasteiger partial charge in [0, 0.05) is 17.5 Å². The first kappa shape index (κ1) is 13.2. The van der Waals surface area contributed by atoms with Crippen molar-refractivity contribution in [2.24, 2.45) is 0 Å². The Morgan fingerprint density at radius 2 is 1.29 bits per heavy atom. The fraction of sp³-hybridized carbons (Fsp3) is 1.00. The molecule has 1 rings (SSSR count). The van der Waals surface area contributed by atoms with Crippen molar-refractivity contribution in [3.63, 3.8) is 0 Å². The molecule has 0 aromatic rings. The lowest BCUT2D eigenvalue weighted by Gasteiger charge is -2.38. The van der Waals surface area contributed by atoms with Gasteiger partial charge < -0.3 is 0 Å². The summed E-state index contributed by atoms with van der Waals surface area (Å²) in [5.74, 6) is 0. The van der Waals surface area contributed by atoms with E-state index in [9.17, 15) is 0 Å². The zero-order valence-electron chi connectivity index (χ0n) is 9.48. The second-order valence-electron chi connectivity index (χ2n) is 3.97. The van der Waals surface area contributed by atoms with E-state index in [1.165, 1.54) is 0 Å². The minimum absolute atomic E-state index is 0.102. The first-order valence-corrected chi connectivity index (χ1v) is 8.77. The van der Waals surface area contributed by atoms with Gasteiger partial charge in [-0.25, -0.2) is 0 Å². The van der Waals surface area contributed by atoms with E-state index in [2.05, 4.69) is 34.6 Å². The minimum atomic E-state index is -0.770. The molecule has 1 aliphatic rings. The van der Waals surface area contributed by atoms with Crippen LogP contribution in [0.3, 0.4) is 0 Å². The smallest absolute Gasteiger partial charge is 0.187 e. The molecule has 0 aromatic heterocycles. The summed E-state index contributed by atoms with van der Waals surface area (Å²) in [5.41, 5.74) is 0. The van der Waals surface area contributed by atoms with Gasteiger partial charge in [-0.3, -0.25) is 12.9 Å². The molecular formula is C8H19O3P3. The summed E-state index contributed by atoms with van der Waals surface area (Å²) in [7, 11) is -2.14. The summed E-state index contributed by atoms with van der Waals surface area (Å²) < 4.78 is 17.4. The normalized spacial score (nSPS) is 34.5. The summed E-state index contributed by atoms with van der Waals surface area (Å²) in [5, 5.41) is 0.102. The van der Waals surface area contributed by atoms with Crippen molar-refractivity contribution in [1.29, 1.82) is 0 Å². The van der Waals surface area contributed by atoms with Crippen molar-refractivity contribution in [3.8, 4) is 0 Å². The van der Waals surface area contributed by atoms with E-state index in [4.69, 9.17) is 12.9 Å². The van der Waals surface area contributed by atoms with E-state index in [1.807, 2.05) is 0 Å². The number of hydrogen-bond acceptors (Lipinski definition) is 3. The van der Waals surface area contributed by atoms with Crippen LogP contribution in [0.1, 0.15) is 34.6 Å². The Labute approximate surface area is 90.6 Å². The summed E-state index contributed by atoms with van der Waals surface area (Å²) in [4.78, 5) is 0. The van der Waals surface area contributed by atoms with Gasteiger partial charge in [-0.15, -0.1) is 0 Å². The second kappa shape index (κ2) is 5.48. The molecule has 2 unspecified atom stereocenters. The minimum Gasteiger partial charge on any atom is -0.282 e. The van der Waals surface area contributed by atoms with Crippen LogP contribution in [0.15, 0.2) is 0 Å². The molecule has 0 aromatic carbocycles. The monoisotopic (exact) mass is 256 g/mol. The zero-order valence-corrected chi connectivity index (χ0v) is 12.2. The van der Waals surface area contributed by atoms with Crippen LogP contribution in [-0.4, -0.2) is 17.5 Å². The highest BCUT2D eigenvalue weighted by molar-refractivity contribution is 7.74. The van der Waals surface area contributed by atoms with Crippen molar-refractivity contribution in [1.82, 2.24) is 0 Å². The van der Waals surface area contributed by atoms with Crippen LogP contribution in [-0.2, 0) is 12.9 Å². The largest absolute Gasteiger partial charge is 0.282 e. The fourth-order valence-electron chi connectivity index (χ4n) is 0.788. The first-order chi connectivity index (χ1) is 6.47. The third kappa shape index (κ3) is 3.63. The molecule has 84 valence electrons. The third-order valence-corrected chi connectivity index (χ3v) is 7.81. The maximum Gasteiger partial charge on any atom is 0.187 e. The molecule has 14 heavy (non-hydrogen) atoms. The van der Waals surface area contributed by atoms with Crippen molar-refractivity contribution < 1.29 is 12.9 Å². The van der Waals surface area contributed by atoms with Crippen LogP contribution >= 0.6 is 25.1 Å². The van der Waals surface area contributed by atoms with Gasteiger partial charge in [-0.2, -0.15) is 0 Å². The van der Waals surface area contributed by atoms with Crippen LogP contribution in [0, 0.1) is 0 Å². The van der Waals surface area contributed by atoms with Gasteiger partial charge in [-0.1, -0.05) is 34.6 Å². The lowest BCUT2D eigenvalue weighted by molar-refractivity contribution is 0.396. The van der Waals surface area contributed by atoms with Gasteiger partial charge in [0.25, 0.3) is 0 Å². The summed E-state index contributed by atoms with van der Waals surface area (Å²) in [6.07, 6.45) is 1.93. The number of rotatable bonds is 2. The van der Waals surface area contributed by atoms with Crippen molar-refractivity contribution in [2.45, 2.75) is 39.8 Å². The Bertz CT molecular complexity index is 171. The maximum absolute atomic E-state index is 5.83. The van der Waals surface area contributed by atoms with Gasteiger partial charge in [0.05, 0.1) is 0 Å². The van der Waals surface area contributed by atoms with Crippen LogP contribution < -0.4 is 0 Å². The quantitative estimate of drug-likeness (QED) is 0.662. The lowest BCUT2D eigenvalue weighted by atomic mass is 10.3. The molecule has 1 fully saturated rings. The third-order valence-electron chi connectivity index (χ3n) is 1.58. The molecule has 1 aliphatic heterocycles. The Hall–Kier alpha value is 1.17. The average Bonchev–Trinajstić information content (AvgIpc) is 2.15. The summed E-state index contributed by atoms with van der Waals surface area (Å²) in [6, 6.07) is 0. The van der Waals surface area contributed by atoms with Crippen molar-refractivity contribution in [2.75, 3.05) is 12.3 Å². The predicted octanol–water partition coefficient (Wildman–Crippen LogP) is 4.82. The highest BCUT2D eigenvalue weighted by Gasteiger charge is 2.38. The number of hydrogen-bond donors (Lipinski definition) is 0. The SMILES string of the molecule is CCP1OP(CC)OP(C(C)(C)C)O1. The molecule has 0 spiro atoms. The standard InChI is InChI=1S/C8H19O3P3/c1-6-12-9-13(7-2)11-14(10-12)8(3,4)5/h6-7H2,1-5H3. The van der Waals surface area contributed by atoms with E-state index in [-0.39, 0.29) is 5.16 Å². The van der Waals surface area contributed by atoms with E-state index < -0.39 is 25.1 Å². The molecule has 0 aliphatic carbocycles. The van der Waals surface area contributed by atoms with E-state index >= 15 is 0 Å². The molecule has 3 nitrogen and oxygen atoms in total. The Morgan fingerprint density at radius 3 is 1.57 bits per heavy atom. The molecule has 2 atom stereocenters. The Balaban J connectivity index is 2.60. The van der Waals surface area contributed by atoms with Crippen LogP contribution in [0.2, 0.25) is 0 Å². The molecule has 0 saturated carbocycles. The second-order valence-corrected chi connectivity index (χ2v) is 10.4. The van der Waals surface area contributed by atoms with Gasteiger partial charge in [0.15, 0.2) is 25.1 Å². The predicted molar refractivity (Wildman–Crippen MR) is 64.9 cm³/mol. The molecule has 1 heterocycles. The Morgan fingerprint density at radius 1 is 0.857 bits per heavy atom. The highest BCUT2D eigenvalue weighted by atomic mass is 31.3. The van der Waals surface area contributed by atoms with Crippen molar-refractivity contribution in [3.05, 3.63) is 0 Å². The maximum atomic E-state index is 5.83. The summed E-state index contributed by atoms with van der Waals surface area (Å²) in [6.45, 7) is 10.7. The van der Waals surface area contributed by atoms with Crippen molar-refractivity contribution >= 4 is 25.1 Å². The molecule has 0 bridgehead atoms. The molecule has 0 radical (unpaired) electrons. The average molecular weight is 256 g/mol. The topological polar surface area (TPSA) is 27.7 Å². The molecule has 1 saturated heterocycles. The van der Waals surface area contributed by atoms with Crippen LogP contribution in [0.5, 0.6) is 0 Å². The molecule has 6 heteroatoms. The first-order valence-electron chi connectivity index (χ1n) is 4.87. The zero-order chi connectivity index (χ0) is 10.8. The van der Waals surface area contributed by atoms with Crippen LogP contribution in [0.4, 0.5) is 0 Å². The van der Waals surface area contributed by atoms with Gasteiger partial charge >= 0.3 is 0 Å². The lowest BCUT2D eigenvalue weighted by Crippen LogP contribution is -2.15. The molecular weight excluding hydrogens is 237 g/mol.